The average molecular weight is 282 g/mol. The van der Waals surface area contributed by atoms with E-state index in [1.54, 1.807) is 4.90 Å². The number of likely N-dealkylation sites (tertiary alicyclic amines) is 1. The molecule has 1 heterocycles. The van der Waals surface area contributed by atoms with Crippen LogP contribution in [-0.2, 0) is 4.79 Å². The quantitative estimate of drug-likeness (QED) is 0.703. The highest BCUT2D eigenvalue weighted by Crippen LogP contribution is 2.48. The number of urea groups is 1. The summed E-state index contributed by atoms with van der Waals surface area (Å²) in [6.07, 6.45) is 3.76. The van der Waals surface area contributed by atoms with E-state index < -0.39 is 11.9 Å². The molecule has 0 spiro atoms. The minimum Gasteiger partial charge on any atom is -0.481 e. The monoisotopic (exact) mass is 282 g/mol. The van der Waals surface area contributed by atoms with Crippen molar-refractivity contribution in [1.82, 2.24) is 10.2 Å². The van der Waals surface area contributed by atoms with Gasteiger partial charge in [0.05, 0.1) is 5.92 Å². The largest absolute Gasteiger partial charge is 0.481 e. The summed E-state index contributed by atoms with van der Waals surface area (Å²) in [7, 11) is 0. The Balaban J connectivity index is 1.62. The predicted molar refractivity (Wildman–Crippen MR) is 71.0 cm³/mol. The van der Waals surface area contributed by atoms with Crippen molar-refractivity contribution >= 4 is 12.0 Å². The van der Waals surface area contributed by atoms with E-state index >= 15 is 0 Å². The number of carboxylic acid groups (broad SMARTS) is 1. The molecule has 2 amide bonds. The fourth-order valence-electron chi connectivity index (χ4n) is 4.25. The first kappa shape index (κ1) is 13.7. The molecule has 2 bridgehead atoms. The van der Waals surface area contributed by atoms with Gasteiger partial charge in [0, 0.05) is 31.7 Å². The normalized spacial score (nSPS) is 39.2. The maximum atomic E-state index is 12.2. The van der Waals surface area contributed by atoms with E-state index in [-0.39, 0.29) is 30.5 Å². The van der Waals surface area contributed by atoms with E-state index in [9.17, 15) is 14.7 Å². The average Bonchev–Trinajstić information content (AvgIpc) is 3.13. The molecule has 3 fully saturated rings. The Morgan fingerprint density at radius 2 is 1.95 bits per heavy atom. The van der Waals surface area contributed by atoms with Crippen molar-refractivity contribution < 1.29 is 19.8 Å². The number of nitrogens with one attached hydrogen (secondary N) is 1. The number of aliphatic hydroxyl groups excluding tert-OH is 1. The molecule has 6 nitrogen and oxygen atoms in total. The first-order valence-electron chi connectivity index (χ1n) is 7.49. The highest BCUT2D eigenvalue weighted by molar-refractivity contribution is 5.78. The maximum absolute atomic E-state index is 12.2. The van der Waals surface area contributed by atoms with Gasteiger partial charge in [-0.05, 0) is 37.5 Å². The van der Waals surface area contributed by atoms with Gasteiger partial charge in [-0.2, -0.15) is 0 Å². The summed E-state index contributed by atoms with van der Waals surface area (Å²) in [4.78, 5) is 25.4. The topological polar surface area (TPSA) is 89.9 Å². The zero-order valence-electron chi connectivity index (χ0n) is 11.5. The maximum Gasteiger partial charge on any atom is 0.317 e. The standard InChI is InChI=1S/C14H22N2O4/c17-7-8-3-4-16(6-8)14(20)15-12-10-2-1-9(5-10)11(12)13(18)19/h8-12,17H,1-7H2,(H,15,20)(H,18,19). The van der Waals surface area contributed by atoms with Gasteiger partial charge in [0.25, 0.3) is 0 Å². The van der Waals surface area contributed by atoms with Crippen molar-refractivity contribution in [2.24, 2.45) is 23.7 Å². The van der Waals surface area contributed by atoms with Gasteiger partial charge < -0.3 is 20.4 Å². The minimum atomic E-state index is -0.780. The molecule has 6 heteroatoms. The van der Waals surface area contributed by atoms with E-state index in [2.05, 4.69) is 5.32 Å². The summed E-state index contributed by atoms with van der Waals surface area (Å²) >= 11 is 0. The van der Waals surface area contributed by atoms with E-state index in [0.29, 0.717) is 19.0 Å². The Kier molecular flexibility index (Phi) is 3.58. The Morgan fingerprint density at radius 3 is 2.60 bits per heavy atom. The van der Waals surface area contributed by atoms with Crippen molar-refractivity contribution in [3.05, 3.63) is 0 Å². The van der Waals surface area contributed by atoms with E-state index in [0.717, 1.165) is 25.7 Å². The molecule has 5 atom stereocenters. The van der Waals surface area contributed by atoms with Crippen LogP contribution in [0.25, 0.3) is 0 Å². The number of aliphatic carboxylic acids is 1. The van der Waals surface area contributed by atoms with Gasteiger partial charge in [0.1, 0.15) is 0 Å². The third-order valence-electron chi connectivity index (χ3n) is 5.32. The molecule has 1 saturated heterocycles. The smallest absolute Gasteiger partial charge is 0.317 e. The highest BCUT2D eigenvalue weighted by atomic mass is 16.4. The number of fused-ring (bicyclic) bond motifs is 2. The van der Waals surface area contributed by atoms with Crippen LogP contribution in [0.15, 0.2) is 0 Å². The number of carbonyl (C=O) groups excluding carboxylic acids is 1. The second kappa shape index (κ2) is 5.24. The summed E-state index contributed by atoms with van der Waals surface area (Å²) in [5.74, 6) is -0.491. The minimum absolute atomic E-state index is 0.107. The van der Waals surface area contributed by atoms with Crippen molar-refractivity contribution in [1.29, 1.82) is 0 Å². The van der Waals surface area contributed by atoms with Crippen LogP contribution < -0.4 is 5.32 Å². The van der Waals surface area contributed by atoms with Gasteiger partial charge in [0.15, 0.2) is 0 Å². The Morgan fingerprint density at radius 1 is 1.20 bits per heavy atom. The van der Waals surface area contributed by atoms with Crippen LogP contribution in [0, 0.1) is 23.7 Å². The van der Waals surface area contributed by atoms with Crippen LogP contribution >= 0.6 is 0 Å². The highest BCUT2D eigenvalue weighted by Gasteiger charge is 2.51. The number of carboxylic acids is 1. The molecule has 2 aliphatic carbocycles. The molecule has 0 aromatic rings. The molecule has 0 radical (unpaired) electrons. The van der Waals surface area contributed by atoms with E-state index in [4.69, 9.17) is 5.11 Å². The number of rotatable bonds is 3. The summed E-state index contributed by atoms with van der Waals surface area (Å²) < 4.78 is 0. The molecule has 3 rings (SSSR count). The van der Waals surface area contributed by atoms with E-state index in [1.807, 2.05) is 0 Å². The first-order valence-corrected chi connectivity index (χ1v) is 7.49. The summed E-state index contributed by atoms with van der Waals surface area (Å²) in [5, 5.41) is 21.4. The van der Waals surface area contributed by atoms with Gasteiger partial charge in [-0.1, -0.05) is 0 Å². The number of hydrogen-bond acceptors (Lipinski definition) is 3. The van der Waals surface area contributed by atoms with Gasteiger partial charge in [-0.3, -0.25) is 4.79 Å². The first-order chi connectivity index (χ1) is 9.60. The lowest BCUT2D eigenvalue weighted by atomic mass is 9.84. The van der Waals surface area contributed by atoms with Crippen LogP contribution in [-0.4, -0.2) is 52.9 Å². The Bertz CT molecular complexity index is 414. The predicted octanol–water partition coefficient (Wildman–Crippen LogP) is 0.510. The Labute approximate surface area is 118 Å². The van der Waals surface area contributed by atoms with Crippen LogP contribution in [0.5, 0.6) is 0 Å². The molecule has 112 valence electrons. The third kappa shape index (κ3) is 2.26. The summed E-state index contributed by atoms with van der Waals surface area (Å²) in [6.45, 7) is 1.33. The second-order valence-electron chi connectivity index (χ2n) is 6.46. The van der Waals surface area contributed by atoms with Crippen molar-refractivity contribution in [2.45, 2.75) is 31.7 Å². The number of aliphatic hydroxyl groups is 1. The number of nitrogens with zero attached hydrogens (tertiary/aromatic N) is 1. The lowest BCUT2D eigenvalue weighted by molar-refractivity contribution is -0.144. The molecule has 20 heavy (non-hydrogen) atoms. The molecule has 3 N–H and O–H groups in total. The molecule has 0 aromatic carbocycles. The third-order valence-corrected chi connectivity index (χ3v) is 5.32. The number of amides is 2. The molecule has 3 aliphatic rings. The van der Waals surface area contributed by atoms with Gasteiger partial charge in [-0.25, -0.2) is 4.79 Å². The summed E-state index contributed by atoms with van der Waals surface area (Å²) in [6, 6.07) is -0.378. The van der Waals surface area contributed by atoms with Crippen molar-refractivity contribution in [3.63, 3.8) is 0 Å². The van der Waals surface area contributed by atoms with Crippen LogP contribution in [0.4, 0.5) is 4.79 Å². The zero-order chi connectivity index (χ0) is 14.3. The molecule has 0 aromatic heterocycles. The van der Waals surface area contributed by atoms with Crippen LogP contribution in [0.3, 0.4) is 0 Å². The van der Waals surface area contributed by atoms with Gasteiger partial charge >= 0.3 is 12.0 Å². The molecular weight excluding hydrogens is 260 g/mol. The molecule has 1 aliphatic heterocycles. The second-order valence-corrected chi connectivity index (χ2v) is 6.46. The lowest BCUT2D eigenvalue weighted by Crippen LogP contribution is -2.51. The van der Waals surface area contributed by atoms with Crippen LogP contribution in [0.2, 0.25) is 0 Å². The van der Waals surface area contributed by atoms with Gasteiger partial charge in [-0.15, -0.1) is 0 Å². The van der Waals surface area contributed by atoms with Crippen LogP contribution in [0.1, 0.15) is 25.7 Å². The molecule has 5 unspecified atom stereocenters. The number of hydrogen-bond donors (Lipinski definition) is 3. The SMILES string of the molecule is O=C(O)C1C2CCC(C2)C1NC(=O)N1CCC(CO)C1. The molecule has 2 saturated carbocycles. The fourth-order valence-corrected chi connectivity index (χ4v) is 4.25. The Hall–Kier alpha value is -1.30. The number of carbonyl (C=O) groups is 2. The zero-order valence-corrected chi connectivity index (χ0v) is 11.5. The summed E-state index contributed by atoms with van der Waals surface area (Å²) in [5.41, 5.74) is 0. The fraction of sp³-hybridized carbons (Fsp3) is 0.857. The van der Waals surface area contributed by atoms with E-state index in [1.165, 1.54) is 0 Å². The van der Waals surface area contributed by atoms with Crippen molar-refractivity contribution in [2.75, 3.05) is 19.7 Å². The molecular formula is C14H22N2O4. The van der Waals surface area contributed by atoms with Crippen molar-refractivity contribution in [3.8, 4) is 0 Å². The van der Waals surface area contributed by atoms with Gasteiger partial charge in [0.2, 0.25) is 0 Å². The lowest BCUT2D eigenvalue weighted by Gasteiger charge is -2.30.